The SMILES string of the molecule is C[N+](C)(C)CCSCCSCC[N+](C)(C)C. The molecule has 0 spiro atoms. The molecule has 0 atom stereocenters. The van der Waals surface area contributed by atoms with Crippen LogP contribution in [0.2, 0.25) is 0 Å². The van der Waals surface area contributed by atoms with E-state index in [2.05, 4.69) is 65.8 Å². The molecule has 2 nitrogen and oxygen atoms in total. The summed E-state index contributed by atoms with van der Waals surface area (Å²) < 4.78 is 2.17. The molecule has 0 saturated heterocycles. The third-order valence-corrected chi connectivity index (χ3v) is 4.37. The Morgan fingerprint density at radius 1 is 0.562 bits per heavy atom. The van der Waals surface area contributed by atoms with Gasteiger partial charge in [-0.15, -0.1) is 0 Å². The average Bonchev–Trinajstić information content (AvgIpc) is 2.06. The number of hydrogen-bond acceptors (Lipinski definition) is 2. The maximum absolute atomic E-state index is 2.26. The second kappa shape index (κ2) is 7.85. The molecule has 16 heavy (non-hydrogen) atoms. The molecule has 0 N–H and O–H groups in total. The molecule has 0 aliphatic rings. The zero-order valence-corrected chi connectivity index (χ0v) is 13.6. The van der Waals surface area contributed by atoms with Gasteiger partial charge < -0.3 is 8.97 Å². The Labute approximate surface area is 111 Å². The molecule has 0 amide bonds. The average molecular weight is 267 g/mol. The van der Waals surface area contributed by atoms with E-state index in [0.717, 1.165) is 8.97 Å². The first kappa shape index (κ1) is 16.6. The van der Waals surface area contributed by atoms with Crippen LogP contribution in [0.5, 0.6) is 0 Å². The monoisotopic (exact) mass is 266 g/mol. The quantitative estimate of drug-likeness (QED) is 0.461. The molecule has 4 heteroatoms. The van der Waals surface area contributed by atoms with Gasteiger partial charge in [-0.2, -0.15) is 23.5 Å². The van der Waals surface area contributed by atoms with E-state index in [-0.39, 0.29) is 0 Å². The van der Waals surface area contributed by atoms with E-state index in [1.165, 1.54) is 36.1 Å². The third kappa shape index (κ3) is 14.6. The van der Waals surface area contributed by atoms with Gasteiger partial charge in [0.15, 0.2) is 0 Å². The topological polar surface area (TPSA) is 0 Å². The predicted molar refractivity (Wildman–Crippen MR) is 80.4 cm³/mol. The van der Waals surface area contributed by atoms with Crippen molar-refractivity contribution in [1.29, 1.82) is 0 Å². The predicted octanol–water partition coefficient (Wildman–Crippen LogP) is 1.87. The van der Waals surface area contributed by atoms with Gasteiger partial charge in [0.1, 0.15) is 0 Å². The number of nitrogens with zero attached hydrogens (tertiary/aromatic N) is 2. The van der Waals surface area contributed by atoms with Crippen molar-refractivity contribution in [2.45, 2.75) is 0 Å². The molecule has 0 aliphatic carbocycles. The lowest BCUT2D eigenvalue weighted by atomic mass is 10.6. The Morgan fingerprint density at radius 2 is 0.875 bits per heavy atom. The van der Waals surface area contributed by atoms with Crippen LogP contribution >= 0.6 is 23.5 Å². The summed E-state index contributed by atoms with van der Waals surface area (Å²) in [4.78, 5) is 0. The van der Waals surface area contributed by atoms with Crippen LogP contribution in [0.4, 0.5) is 0 Å². The van der Waals surface area contributed by atoms with Crippen LogP contribution in [0.1, 0.15) is 0 Å². The molecular formula is C12H30N2S2+2. The Morgan fingerprint density at radius 3 is 1.12 bits per heavy atom. The summed E-state index contributed by atoms with van der Waals surface area (Å²) in [5, 5.41) is 0. The Balaban J connectivity index is 3.17. The van der Waals surface area contributed by atoms with Crippen molar-refractivity contribution in [3.63, 3.8) is 0 Å². The van der Waals surface area contributed by atoms with Crippen molar-refractivity contribution in [3.8, 4) is 0 Å². The molecule has 0 aromatic carbocycles. The first-order valence-electron chi connectivity index (χ1n) is 5.97. The van der Waals surface area contributed by atoms with E-state index >= 15 is 0 Å². The van der Waals surface area contributed by atoms with Crippen LogP contribution in [-0.4, -0.2) is 87.4 Å². The van der Waals surface area contributed by atoms with E-state index in [0.29, 0.717) is 0 Å². The van der Waals surface area contributed by atoms with Crippen LogP contribution in [0, 0.1) is 0 Å². The number of hydrogen-bond donors (Lipinski definition) is 0. The van der Waals surface area contributed by atoms with Crippen molar-refractivity contribution in [3.05, 3.63) is 0 Å². The van der Waals surface area contributed by atoms with Crippen LogP contribution in [0.3, 0.4) is 0 Å². The zero-order chi connectivity index (χ0) is 12.7. The fraction of sp³-hybridized carbons (Fsp3) is 1.00. The van der Waals surface area contributed by atoms with Crippen LogP contribution < -0.4 is 0 Å². The summed E-state index contributed by atoms with van der Waals surface area (Å²) >= 11 is 4.19. The van der Waals surface area contributed by atoms with Gasteiger partial charge in [0, 0.05) is 23.0 Å². The van der Waals surface area contributed by atoms with Gasteiger partial charge >= 0.3 is 0 Å². The van der Waals surface area contributed by atoms with Gasteiger partial charge in [-0.25, -0.2) is 0 Å². The highest BCUT2D eigenvalue weighted by Crippen LogP contribution is 2.08. The van der Waals surface area contributed by atoms with Gasteiger partial charge in [0.05, 0.1) is 55.4 Å². The molecule has 0 rings (SSSR count). The Bertz CT molecular complexity index is 151. The van der Waals surface area contributed by atoms with E-state index in [4.69, 9.17) is 0 Å². The summed E-state index contributed by atoms with van der Waals surface area (Å²) in [6.07, 6.45) is 0. The zero-order valence-electron chi connectivity index (χ0n) is 12.0. The first-order valence-corrected chi connectivity index (χ1v) is 8.28. The van der Waals surface area contributed by atoms with Gasteiger partial charge in [-0.1, -0.05) is 0 Å². The lowest BCUT2D eigenvalue weighted by Gasteiger charge is -2.24. The minimum Gasteiger partial charge on any atom is -0.330 e. The van der Waals surface area contributed by atoms with Crippen LogP contribution in [-0.2, 0) is 0 Å². The van der Waals surface area contributed by atoms with Crippen molar-refractivity contribution < 1.29 is 8.97 Å². The molecule has 0 fully saturated rings. The van der Waals surface area contributed by atoms with Gasteiger partial charge in [0.25, 0.3) is 0 Å². The lowest BCUT2D eigenvalue weighted by Crippen LogP contribution is -2.36. The second-order valence-corrected chi connectivity index (χ2v) is 8.70. The molecule has 0 heterocycles. The van der Waals surface area contributed by atoms with Gasteiger partial charge in [0.2, 0.25) is 0 Å². The Hall–Kier alpha value is 0.620. The Kier molecular flexibility index (Phi) is 8.16. The molecule has 0 aliphatic heterocycles. The summed E-state index contributed by atoms with van der Waals surface area (Å²) in [7, 11) is 13.6. The number of thioether (sulfide) groups is 2. The molecular weight excluding hydrogens is 236 g/mol. The molecule has 0 bridgehead atoms. The normalized spacial score (nSPS) is 13.1. The largest absolute Gasteiger partial charge is 0.330 e. The molecule has 0 aromatic rings. The third-order valence-electron chi connectivity index (χ3n) is 2.18. The fourth-order valence-corrected chi connectivity index (χ4v) is 3.70. The number of rotatable bonds is 9. The van der Waals surface area contributed by atoms with E-state index in [1.807, 2.05) is 0 Å². The van der Waals surface area contributed by atoms with Gasteiger partial charge in [-0.05, 0) is 0 Å². The highest BCUT2D eigenvalue weighted by Gasteiger charge is 2.07. The minimum absolute atomic E-state index is 1.08. The standard InChI is InChI=1S/C12H30N2S2/c1-13(2,3)7-9-15-11-12-16-10-8-14(4,5)6/h7-12H2,1-6H3/q+2. The maximum Gasteiger partial charge on any atom is 0.0872 e. The van der Waals surface area contributed by atoms with Crippen molar-refractivity contribution >= 4 is 23.5 Å². The second-order valence-electron chi connectivity index (χ2n) is 6.25. The molecule has 0 radical (unpaired) electrons. The van der Waals surface area contributed by atoms with Gasteiger partial charge in [-0.3, -0.25) is 0 Å². The highest BCUT2D eigenvalue weighted by molar-refractivity contribution is 8.02. The van der Waals surface area contributed by atoms with Crippen molar-refractivity contribution in [1.82, 2.24) is 0 Å². The van der Waals surface area contributed by atoms with E-state index in [9.17, 15) is 0 Å². The van der Waals surface area contributed by atoms with Crippen molar-refractivity contribution in [2.24, 2.45) is 0 Å². The first-order chi connectivity index (χ1) is 7.21. The summed E-state index contributed by atoms with van der Waals surface area (Å²) in [5.74, 6) is 5.20. The molecule has 0 unspecified atom stereocenters. The molecule has 0 aromatic heterocycles. The van der Waals surface area contributed by atoms with Crippen molar-refractivity contribution in [2.75, 3.05) is 78.4 Å². The molecule has 0 saturated carbocycles. The van der Waals surface area contributed by atoms with Crippen LogP contribution in [0.15, 0.2) is 0 Å². The van der Waals surface area contributed by atoms with E-state index < -0.39 is 0 Å². The highest BCUT2D eigenvalue weighted by atomic mass is 32.2. The summed E-state index contributed by atoms with van der Waals surface area (Å²) in [5.41, 5.74) is 0. The van der Waals surface area contributed by atoms with E-state index in [1.54, 1.807) is 0 Å². The lowest BCUT2D eigenvalue weighted by molar-refractivity contribution is -0.867. The summed E-state index contributed by atoms with van der Waals surface area (Å²) in [6.45, 7) is 2.54. The smallest absolute Gasteiger partial charge is 0.0872 e. The minimum atomic E-state index is 1.08. The number of quaternary nitrogens is 2. The summed E-state index contributed by atoms with van der Waals surface area (Å²) in [6, 6.07) is 0. The maximum atomic E-state index is 2.26. The van der Waals surface area contributed by atoms with Crippen LogP contribution in [0.25, 0.3) is 0 Å². The molecule has 98 valence electrons. The fourth-order valence-electron chi connectivity index (χ4n) is 0.999.